The third-order valence-corrected chi connectivity index (χ3v) is 4.71. The zero-order valence-corrected chi connectivity index (χ0v) is 17.2. The van der Waals surface area contributed by atoms with Gasteiger partial charge in [0.05, 0.1) is 21.1 Å². The molecule has 0 radical (unpaired) electrons. The maximum Gasteiger partial charge on any atom is 0.341 e. The van der Waals surface area contributed by atoms with Crippen LogP contribution in [0.15, 0.2) is 34.8 Å². The zero-order valence-electron chi connectivity index (χ0n) is 13.5. The van der Waals surface area contributed by atoms with Gasteiger partial charge in [0.25, 0.3) is 0 Å². The number of nitrogens with one attached hydrogen (secondary N) is 1. The van der Waals surface area contributed by atoms with Gasteiger partial charge in [0.1, 0.15) is 23.5 Å². The number of fused-ring (bicyclic) bond motifs is 1. The van der Waals surface area contributed by atoms with Crippen molar-refractivity contribution >= 4 is 67.2 Å². The van der Waals surface area contributed by atoms with Gasteiger partial charge in [-0.1, -0.05) is 0 Å². The number of imidazole rings is 1. The lowest BCUT2D eigenvalue weighted by molar-refractivity contribution is -0.139. The Hall–Kier alpha value is -2.45. The maximum absolute atomic E-state index is 13.4. The number of nitriles is 1. The number of allylic oxidation sites excluding steroid dienone is 1. The molecule has 0 unspecified atom stereocenters. The summed E-state index contributed by atoms with van der Waals surface area (Å²) < 4.78 is 20.1. The molecule has 0 bridgehead atoms. The Balaban J connectivity index is 2.09. The largest absolute Gasteiger partial charge is 0.480 e. The SMILES string of the molecule is N#C/C(=C/c1cc(I)cc(Br)c1OCC(=O)O)c1nc2ccc(F)cc2[nH]1. The Bertz CT molecular complexity index is 1120. The van der Waals surface area contributed by atoms with E-state index in [9.17, 15) is 14.4 Å². The van der Waals surface area contributed by atoms with E-state index >= 15 is 0 Å². The Labute approximate surface area is 174 Å². The number of aromatic amines is 1. The highest BCUT2D eigenvalue weighted by atomic mass is 127. The second kappa shape index (κ2) is 8.06. The standard InChI is InChI=1S/C18H10BrFIN3O3/c19-13-6-12(21)4-9(17(13)27-8-16(25)26)3-10(7-22)18-23-14-2-1-11(20)5-15(14)24-18/h1-6H,8H2,(H,23,24)(H,25,26)/b10-3-. The van der Waals surface area contributed by atoms with Crippen molar-refractivity contribution in [3.8, 4) is 11.8 Å². The number of ether oxygens (including phenoxy) is 1. The first-order chi connectivity index (χ1) is 12.9. The first-order valence-electron chi connectivity index (χ1n) is 7.48. The lowest BCUT2D eigenvalue weighted by Crippen LogP contribution is -2.10. The Morgan fingerprint density at radius 1 is 1.44 bits per heavy atom. The molecule has 0 saturated heterocycles. The van der Waals surface area contributed by atoms with Gasteiger partial charge < -0.3 is 14.8 Å². The molecular formula is C18H10BrFIN3O3. The first-order valence-corrected chi connectivity index (χ1v) is 9.35. The van der Waals surface area contributed by atoms with Crippen LogP contribution < -0.4 is 4.74 Å². The van der Waals surface area contributed by atoms with Crippen molar-refractivity contribution in [3.63, 3.8) is 0 Å². The van der Waals surface area contributed by atoms with E-state index in [1.807, 2.05) is 0 Å². The Morgan fingerprint density at radius 2 is 2.22 bits per heavy atom. The van der Waals surface area contributed by atoms with Crippen LogP contribution in [-0.4, -0.2) is 27.7 Å². The summed E-state index contributed by atoms with van der Waals surface area (Å²) >= 11 is 5.45. The molecule has 0 saturated carbocycles. The predicted molar refractivity (Wildman–Crippen MR) is 110 cm³/mol. The molecule has 0 fully saturated rings. The highest BCUT2D eigenvalue weighted by molar-refractivity contribution is 14.1. The number of carbonyl (C=O) groups is 1. The molecule has 6 nitrogen and oxygen atoms in total. The molecule has 0 aliphatic rings. The van der Waals surface area contributed by atoms with E-state index in [0.29, 0.717) is 26.8 Å². The van der Waals surface area contributed by atoms with Crippen molar-refractivity contribution in [3.05, 3.63) is 55.6 Å². The summed E-state index contributed by atoms with van der Waals surface area (Å²) in [6.45, 7) is -0.522. The smallest absolute Gasteiger partial charge is 0.341 e. The summed E-state index contributed by atoms with van der Waals surface area (Å²) in [6.07, 6.45) is 1.54. The van der Waals surface area contributed by atoms with E-state index in [1.54, 1.807) is 12.1 Å². The van der Waals surface area contributed by atoms with E-state index in [1.165, 1.54) is 24.3 Å². The molecule has 0 aliphatic carbocycles. The number of nitrogens with zero attached hydrogens (tertiary/aromatic N) is 2. The second-order valence-corrected chi connectivity index (χ2v) is 7.51. The number of carboxylic acids is 1. The molecule has 0 amide bonds. The van der Waals surface area contributed by atoms with Crippen LogP contribution in [0, 0.1) is 20.7 Å². The van der Waals surface area contributed by atoms with Crippen molar-refractivity contribution in [1.29, 1.82) is 5.26 Å². The van der Waals surface area contributed by atoms with Crippen LogP contribution in [0.4, 0.5) is 4.39 Å². The molecule has 0 spiro atoms. The maximum atomic E-state index is 13.4. The minimum absolute atomic E-state index is 0.195. The second-order valence-electron chi connectivity index (χ2n) is 5.41. The molecule has 9 heteroatoms. The summed E-state index contributed by atoms with van der Waals surface area (Å²) in [4.78, 5) is 18.1. The third kappa shape index (κ3) is 4.45. The molecule has 0 atom stereocenters. The molecule has 3 aromatic rings. The summed E-state index contributed by atoms with van der Waals surface area (Å²) in [5, 5.41) is 18.4. The minimum Gasteiger partial charge on any atom is -0.480 e. The van der Waals surface area contributed by atoms with Gasteiger partial charge in [-0.15, -0.1) is 0 Å². The Kier molecular flexibility index (Phi) is 5.76. The first kappa shape index (κ1) is 19.3. The molecule has 3 rings (SSSR count). The highest BCUT2D eigenvalue weighted by Crippen LogP contribution is 2.34. The van der Waals surface area contributed by atoms with E-state index in [2.05, 4.69) is 54.6 Å². The number of H-pyrrole nitrogens is 1. The number of aromatic nitrogens is 2. The summed E-state index contributed by atoms with van der Waals surface area (Å²) in [6, 6.07) is 9.68. The molecule has 2 N–H and O–H groups in total. The Morgan fingerprint density at radius 3 is 2.93 bits per heavy atom. The van der Waals surface area contributed by atoms with Crippen LogP contribution in [0.25, 0.3) is 22.7 Å². The fourth-order valence-corrected chi connectivity index (χ4v) is 4.06. The normalized spacial score (nSPS) is 11.4. The number of rotatable bonds is 5. The van der Waals surface area contributed by atoms with E-state index in [-0.39, 0.29) is 11.4 Å². The van der Waals surface area contributed by atoms with Gasteiger partial charge in [-0.25, -0.2) is 14.2 Å². The van der Waals surface area contributed by atoms with E-state index < -0.39 is 18.4 Å². The minimum atomic E-state index is -1.12. The van der Waals surface area contributed by atoms with Gasteiger partial charge in [-0.05, 0) is 74.9 Å². The molecule has 1 heterocycles. The number of hydrogen-bond donors (Lipinski definition) is 2. The molecule has 2 aromatic carbocycles. The molecule has 27 heavy (non-hydrogen) atoms. The molecule has 0 aliphatic heterocycles. The predicted octanol–water partition coefficient (Wildman–Crippen LogP) is 4.60. The third-order valence-electron chi connectivity index (χ3n) is 3.50. The van der Waals surface area contributed by atoms with Crippen molar-refractivity contribution < 1.29 is 19.0 Å². The van der Waals surface area contributed by atoms with Gasteiger partial charge in [0, 0.05) is 9.13 Å². The van der Waals surface area contributed by atoms with Gasteiger partial charge >= 0.3 is 5.97 Å². The average Bonchev–Trinajstić information content (AvgIpc) is 3.01. The van der Waals surface area contributed by atoms with Crippen LogP contribution in [0.3, 0.4) is 0 Å². The van der Waals surface area contributed by atoms with Crippen LogP contribution in [-0.2, 0) is 4.79 Å². The summed E-state index contributed by atoms with van der Waals surface area (Å²) in [5.74, 6) is -0.953. The van der Waals surface area contributed by atoms with Crippen LogP contribution >= 0.6 is 38.5 Å². The quantitative estimate of drug-likeness (QED) is 0.363. The summed E-state index contributed by atoms with van der Waals surface area (Å²) in [5.41, 5.74) is 1.70. The number of hydrogen-bond acceptors (Lipinski definition) is 4. The molecule has 136 valence electrons. The van der Waals surface area contributed by atoms with Crippen molar-refractivity contribution in [2.45, 2.75) is 0 Å². The fourth-order valence-electron chi connectivity index (χ4n) is 2.39. The van der Waals surface area contributed by atoms with Crippen molar-refractivity contribution in [2.75, 3.05) is 6.61 Å². The molecular weight excluding hydrogens is 532 g/mol. The monoisotopic (exact) mass is 541 g/mol. The number of aliphatic carboxylic acids is 1. The van der Waals surface area contributed by atoms with Crippen LogP contribution in [0.2, 0.25) is 0 Å². The lowest BCUT2D eigenvalue weighted by atomic mass is 10.1. The topological polar surface area (TPSA) is 99.0 Å². The van der Waals surface area contributed by atoms with Crippen molar-refractivity contribution in [1.82, 2.24) is 9.97 Å². The van der Waals surface area contributed by atoms with Gasteiger partial charge in [0.2, 0.25) is 0 Å². The fraction of sp³-hybridized carbons (Fsp3) is 0.0556. The average molecular weight is 542 g/mol. The van der Waals surface area contributed by atoms with Crippen LogP contribution in [0.1, 0.15) is 11.4 Å². The van der Waals surface area contributed by atoms with E-state index in [4.69, 9.17) is 9.84 Å². The lowest BCUT2D eigenvalue weighted by Gasteiger charge is -2.11. The summed E-state index contributed by atoms with van der Waals surface area (Å²) in [7, 11) is 0. The molecule has 1 aromatic heterocycles. The van der Waals surface area contributed by atoms with E-state index in [0.717, 1.165) is 3.57 Å². The number of carboxylic acid groups (broad SMARTS) is 1. The van der Waals surface area contributed by atoms with Gasteiger partial charge in [-0.3, -0.25) is 0 Å². The van der Waals surface area contributed by atoms with Crippen molar-refractivity contribution in [2.24, 2.45) is 0 Å². The van der Waals surface area contributed by atoms with Crippen LogP contribution in [0.5, 0.6) is 5.75 Å². The highest BCUT2D eigenvalue weighted by Gasteiger charge is 2.14. The number of benzene rings is 2. The number of halogens is 3. The van der Waals surface area contributed by atoms with Gasteiger partial charge in [0.15, 0.2) is 6.61 Å². The zero-order chi connectivity index (χ0) is 19.6. The van der Waals surface area contributed by atoms with Gasteiger partial charge in [-0.2, -0.15) is 5.26 Å².